The zero-order valence-electron chi connectivity index (χ0n) is 20.1. The molecule has 0 atom stereocenters. The van der Waals surface area contributed by atoms with Crippen molar-refractivity contribution in [2.24, 2.45) is 5.14 Å². The third kappa shape index (κ3) is 6.52. The fraction of sp³-hybridized carbons (Fsp3) is 0.318. The molecule has 0 radical (unpaired) electrons. The minimum Gasteiger partial charge on any atom is -0.540 e. The van der Waals surface area contributed by atoms with Gasteiger partial charge < -0.3 is 8.61 Å². The Kier molecular flexibility index (Phi) is 7.47. The van der Waals surface area contributed by atoms with Crippen LogP contribution in [0.15, 0.2) is 49.1 Å². The number of nitrogens with zero attached hydrogens (tertiary/aromatic N) is 5. The van der Waals surface area contributed by atoms with Gasteiger partial charge in [0.15, 0.2) is 11.5 Å². The summed E-state index contributed by atoms with van der Waals surface area (Å²) in [6, 6.07) is 12.2. The van der Waals surface area contributed by atoms with Crippen molar-refractivity contribution in [2.75, 3.05) is 5.01 Å². The lowest BCUT2D eigenvalue weighted by Crippen LogP contribution is -2.44. The minimum atomic E-state index is -4.35. The first kappa shape index (κ1) is 26.5. The number of nitriles is 1. The summed E-state index contributed by atoms with van der Waals surface area (Å²) < 4.78 is 36.7. The maximum absolute atomic E-state index is 11.8. The summed E-state index contributed by atoms with van der Waals surface area (Å²) in [5.74, 6) is 0.0358. The molecule has 1 aromatic heterocycles. The van der Waals surface area contributed by atoms with E-state index < -0.39 is 18.6 Å². The molecule has 0 bridgehead atoms. The zero-order chi connectivity index (χ0) is 26.0. The maximum Gasteiger partial charge on any atom is 0.380 e. The standard InChI is InChI=1S/C22H27ClN6O4SSi/c1-22(2,3)35(4,5)33-21-19(23)10-17(11-20(21)32-34(25,30)31)13-29(28-14-26-27-15-28)18-8-6-16(12-24)7-9-18/h6-11,14-15H,13H2,1-5H3,(H2,25,30,31). The van der Waals surface area contributed by atoms with Gasteiger partial charge in [-0.2, -0.15) is 18.8 Å². The smallest absolute Gasteiger partial charge is 0.380 e. The number of benzene rings is 2. The molecule has 0 amide bonds. The number of anilines is 1. The second kappa shape index (κ2) is 9.86. The fourth-order valence-electron chi connectivity index (χ4n) is 2.91. The predicted molar refractivity (Wildman–Crippen MR) is 136 cm³/mol. The van der Waals surface area contributed by atoms with Gasteiger partial charge in [-0.05, 0) is 60.1 Å². The lowest BCUT2D eigenvalue weighted by molar-refractivity contribution is 0.446. The third-order valence-corrected chi connectivity index (χ3v) is 10.8. The molecule has 0 aliphatic rings. The summed E-state index contributed by atoms with van der Waals surface area (Å²) >= 11 is 6.61. The Morgan fingerprint density at radius 2 is 1.77 bits per heavy atom. The van der Waals surface area contributed by atoms with Crippen molar-refractivity contribution in [2.45, 2.75) is 45.4 Å². The van der Waals surface area contributed by atoms with Crippen LogP contribution in [0.5, 0.6) is 11.5 Å². The van der Waals surface area contributed by atoms with Gasteiger partial charge in [0.2, 0.25) is 0 Å². The maximum atomic E-state index is 11.8. The monoisotopic (exact) mass is 534 g/mol. The molecule has 2 N–H and O–H groups in total. The van der Waals surface area contributed by atoms with Gasteiger partial charge in [0, 0.05) is 0 Å². The molecule has 13 heteroatoms. The molecule has 3 rings (SSSR count). The lowest BCUT2D eigenvalue weighted by atomic mass is 10.1. The highest BCUT2D eigenvalue weighted by Crippen LogP contribution is 2.44. The molecule has 186 valence electrons. The van der Waals surface area contributed by atoms with Crippen molar-refractivity contribution in [1.29, 1.82) is 5.26 Å². The summed E-state index contributed by atoms with van der Waals surface area (Å²) in [5.41, 5.74) is 1.85. The molecule has 10 nitrogen and oxygen atoms in total. The molecule has 1 heterocycles. The first-order valence-electron chi connectivity index (χ1n) is 10.6. The number of aromatic nitrogens is 3. The Morgan fingerprint density at radius 3 is 2.29 bits per heavy atom. The number of hydrogen-bond acceptors (Lipinski definition) is 8. The van der Waals surface area contributed by atoms with Crippen LogP contribution in [0.1, 0.15) is 31.9 Å². The van der Waals surface area contributed by atoms with Crippen LogP contribution in [0.2, 0.25) is 23.2 Å². The second-order valence-corrected chi connectivity index (χ2v) is 15.7. The summed E-state index contributed by atoms with van der Waals surface area (Å²) in [6.45, 7) is 10.4. The Labute approximate surface area is 211 Å². The van der Waals surface area contributed by atoms with Gasteiger partial charge in [-0.25, -0.2) is 4.68 Å². The normalized spacial score (nSPS) is 12.2. The van der Waals surface area contributed by atoms with Gasteiger partial charge in [-0.3, -0.25) is 5.01 Å². The van der Waals surface area contributed by atoms with Crippen LogP contribution >= 0.6 is 11.6 Å². The summed E-state index contributed by atoms with van der Waals surface area (Å²) in [6.07, 6.45) is 3.02. The van der Waals surface area contributed by atoms with E-state index in [0.717, 1.165) is 5.69 Å². The van der Waals surface area contributed by atoms with E-state index in [1.807, 2.05) is 18.1 Å². The van der Waals surface area contributed by atoms with Crippen molar-refractivity contribution in [3.05, 3.63) is 65.2 Å². The van der Waals surface area contributed by atoms with Crippen LogP contribution in [0.3, 0.4) is 0 Å². The molecule has 35 heavy (non-hydrogen) atoms. The topological polar surface area (TPSA) is 136 Å². The van der Waals surface area contributed by atoms with Gasteiger partial charge in [-0.15, -0.1) is 10.2 Å². The van der Waals surface area contributed by atoms with Crippen molar-refractivity contribution in [1.82, 2.24) is 14.9 Å². The van der Waals surface area contributed by atoms with Crippen molar-refractivity contribution < 1.29 is 17.0 Å². The number of nitrogens with two attached hydrogens (primary N) is 1. The van der Waals surface area contributed by atoms with Crippen LogP contribution in [-0.2, 0) is 16.8 Å². The number of halogens is 1. The SMILES string of the molecule is CC(C)(C)[Si](C)(C)Oc1c(Cl)cc(CN(c2ccc(C#N)cc2)n2cnnc2)cc1OS(N)(=O)=O. The van der Waals surface area contributed by atoms with E-state index in [4.69, 9.17) is 30.6 Å². The molecule has 0 unspecified atom stereocenters. The van der Waals surface area contributed by atoms with Gasteiger partial charge in [-0.1, -0.05) is 32.4 Å². The molecule has 3 aromatic rings. The van der Waals surface area contributed by atoms with E-state index in [-0.39, 0.29) is 28.1 Å². The lowest BCUT2D eigenvalue weighted by Gasteiger charge is -2.37. The zero-order valence-corrected chi connectivity index (χ0v) is 22.6. The van der Waals surface area contributed by atoms with Crippen LogP contribution in [0, 0.1) is 11.3 Å². The number of rotatable bonds is 8. The average Bonchev–Trinajstić information content (AvgIpc) is 3.27. The van der Waals surface area contributed by atoms with Crippen molar-refractivity contribution in [3.63, 3.8) is 0 Å². The minimum absolute atomic E-state index is 0.0941. The van der Waals surface area contributed by atoms with Gasteiger partial charge in [0.05, 0.1) is 28.9 Å². The van der Waals surface area contributed by atoms with Gasteiger partial charge in [0.1, 0.15) is 12.7 Å². The van der Waals surface area contributed by atoms with Crippen LogP contribution in [-0.4, -0.2) is 31.6 Å². The highest BCUT2D eigenvalue weighted by molar-refractivity contribution is 7.84. The van der Waals surface area contributed by atoms with Crippen molar-refractivity contribution >= 4 is 35.9 Å². The molecule has 0 fully saturated rings. The highest BCUT2D eigenvalue weighted by Gasteiger charge is 2.40. The Balaban J connectivity index is 2.07. The van der Waals surface area contributed by atoms with Crippen LogP contribution in [0.4, 0.5) is 5.69 Å². The van der Waals surface area contributed by atoms with Crippen LogP contribution in [0.25, 0.3) is 0 Å². The number of hydrogen-bond donors (Lipinski definition) is 1. The largest absolute Gasteiger partial charge is 0.540 e. The van der Waals surface area contributed by atoms with E-state index in [1.54, 1.807) is 35.0 Å². The van der Waals surface area contributed by atoms with E-state index in [9.17, 15) is 8.42 Å². The molecule has 0 aliphatic carbocycles. The van der Waals surface area contributed by atoms with Gasteiger partial charge in [0.25, 0.3) is 8.32 Å². The van der Waals surface area contributed by atoms with Gasteiger partial charge >= 0.3 is 10.3 Å². The molecular formula is C22H27ClN6O4SSi. The molecule has 0 saturated carbocycles. The van der Waals surface area contributed by atoms with Crippen molar-refractivity contribution in [3.8, 4) is 17.6 Å². The molecule has 0 aliphatic heterocycles. The third-order valence-electron chi connectivity index (χ3n) is 5.75. The highest BCUT2D eigenvalue weighted by atomic mass is 35.5. The average molecular weight is 535 g/mol. The summed E-state index contributed by atoms with van der Waals surface area (Å²) in [7, 11) is -6.74. The Hall–Kier alpha value is -3.11. The quantitative estimate of drug-likeness (QED) is 0.424. The first-order valence-corrected chi connectivity index (χ1v) is 15.3. The Bertz CT molecular complexity index is 1330. The second-order valence-electron chi connectivity index (χ2n) is 9.40. The fourth-order valence-corrected chi connectivity index (χ4v) is 4.65. The molecular weight excluding hydrogens is 508 g/mol. The summed E-state index contributed by atoms with van der Waals surface area (Å²) in [5, 5.41) is 23.8. The first-order chi connectivity index (χ1) is 16.2. The molecule has 0 spiro atoms. The van der Waals surface area contributed by atoms with Crippen LogP contribution < -0.4 is 18.8 Å². The van der Waals surface area contributed by atoms with E-state index >= 15 is 0 Å². The predicted octanol–water partition coefficient (Wildman–Crippen LogP) is 4.24. The molecule has 0 saturated heterocycles. The molecule has 2 aromatic carbocycles. The van der Waals surface area contributed by atoms with E-state index in [2.05, 4.69) is 37.0 Å². The van der Waals surface area contributed by atoms with E-state index in [1.165, 1.54) is 18.7 Å². The summed E-state index contributed by atoms with van der Waals surface area (Å²) in [4.78, 5) is 0. The van der Waals surface area contributed by atoms with E-state index in [0.29, 0.717) is 11.1 Å². The Morgan fingerprint density at radius 1 is 1.17 bits per heavy atom.